The molecule has 0 radical (unpaired) electrons. The van der Waals surface area contributed by atoms with Crippen molar-refractivity contribution in [1.29, 1.82) is 0 Å². The van der Waals surface area contributed by atoms with Crippen LogP contribution in [0.1, 0.15) is 71.4 Å². The van der Waals surface area contributed by atoms with Gasteiger partial charge in [-0.1, -0.05) is 57.2 Å². The lowest BCUT2D eigenvalue weighted by Crippen LogP contribution is -2.41. The van der Waals surface area contributed by atoms with Gasteiger partial charge in [0.1, 0.15) is 6.61 Å². The highest BCUT2D eigenvalue weighted by atomic mass is 19.4. The second-order valence-corrected chi connectivity index (χ2v) is 11.4. The van der Waals surface area contributed by atoms with E-state index in [2.05, 4.69) is 5.32 Å². The van der Waals surface area contributed by atoms with Crippen LogP contribution in [0, 0.1) is 5.41 Å². The van der Waals surface area contributed by atoms with Crippen LogP contribution < -0.4 is 10.8 Å². The van der Waals surface area contributed by atoms with E-state index >= 15 is 0 Å². The number of amides is 1. The average Bonchev–Trinajstić information content (AvgIpc) is 3.01. The number of alkyl halides is 3. The molecule has 1 fully saturated rings. The molecule has 10 heteroatoms. The van der Waals surface area contributed by atoms with E-state index in [-0.39, 0.29) is 18.6 Å². The molecule has 37 heavy (non-hydrogen) atoms. The van der Waals surface area contributed by atoms with Crippen LogP contribution in [0.3, 0.4) is 0 Å². The van der Waals surface area contributed by atoms with Crippen LogP contribution in [0.5, 0.6) is 0 Å². The Morgan fingerprint density at radius 1 is 0.946 bits per heavy atom. The normalized spacial score (nSPS) is 17.9. The molecule has 2 aromatic rings. The van der Waals surface area contributed by atoms with E-state index < -0.39 is 42.4 Å². The van der Waals surface area contributed by atoms with Crippen LogP contribution in [0.25, 0.3) is 0 Å². The van der Waals surface area contributed by atoms with Gasteiger partial charge in [0.05, 0.1) is 23.4 Å². The maximum absolute atomic E-state index is 12.9. The largest absolute Gasteiger partial charge is 0.494 e. The van der Waals surface area contributed by atoms with Crippen LogP contribution in [-0.2, 0) is 31.6 Å². The van der Waals surface area contributed by atoms with Gasteiger partial charge in [-0.25, -0.2) is 4.79 Å². The summed E-state index contributed by atoms with van der Waals surface area (Å²) in [5, 5.41) is 2.60. The number of nitrogens with one attached hydrogen (secondary N) is 1. The van der Waals surface area contributed by atoms with Crippen molar-refractivity contribution in [2.45, 2.75) is 78.7 Å². The molecule has 1 heterocycles. The molecule has 0 spiro atoms. The molecule has 1 atom stereocenters. The molecule has 1 aliphatic rings. The lowest BCUT2D eigenvalue weighted by Gasteiger charge is -2.32. The number of alkyl carbamates (subject to hydrolysis) is 1. The molecular weight excluding hydrogens is 486 g/mol. The third-order valence-electron chi connectivity index (χ3n) is 6.35. The standard InChI is InChI=1S/C27H35BF3NO5/c1-24(2,3)17-35-22(19-10-12-20(13-11-19)27(29,30)31)32-23(33)34-16-18-8-14-21(15-9-18)28-36-25(4,5)26(6,7)37-28/h8-15,22H,16-17H2,1-7H3,(H,32,33). The van der Waals surface area contributed by atoms with Crippen molar-refractivity contribution in [2.75, 3.05) is 6.61 Å². The van der Waals surface area contributed by atoms with Crippen LogP contribution in [0.2, 0.25) is 0 Å². The van der Waals surface area contributed by atoms with Gasteiger partial charge in [-0.3, -0.25) is 5.32 Å². The van der Waals surface area contributed by atoms with E-state index in [4.69, 9.17) is 18.8 Å². The molecule has 6 nitrogen and oxygen atoms in total. The zero-order chi connectivity index (χ0) is 27.6. The number of ether oxygens (including phenoxy) is 2. The molecule has 1 saturated heterocycles. The number of hydrogen-bond acceptors (Lipinski definition) is 5. The summed E-state index contributed by atoms with van der Waals surface area (Å²) in [6, 6.07) is 11.8. The number of rotatable bonds is 7. The first-order valence-electron chi connectivity index (χ1n) is 12.1. The Hall–Kier alpha value is -2.56. The minimum absolute atomic E-state index is 0.00547. The fraction of sp³-hybridized carbons (Fsp3) is 0.519. The molecule has 1 aliphatic heterocycles. The maximum atomic E-state index is 12.9. The topological polar surface area (TPSA) is 66.0 Å². The molecule has 0 aromatic heterocycles. The van der Waals surface area contributed by atoms with E-state index in [1.165, 1.54) is 12.1 Å². The monoisotopic (exact) mass is 521 g/mol. The molecule has 0 saturated carbocycles. The minimum atomic E-state index is -4.45. The Morgan fingerprint density at radius 2 is 1.49 bits per heavy atom. The second kappa shape index (κ2) is 10.7. The minimum Gasteiger partial charge on any atom is -0.445 e. The molecular formula is C27H35BF3NO5. The number of halogens is 3. The Bertz CT molecular complexity index is 1050. The summed E-state index contributed by atoms with van der Waals surface area (Å²) < 4.78 is 62.1. The van der Waals surface area contributed by atoms with E-state index in [9.17, 15) is 18.0 Å². The first kappa shape index (κ1) is 29.0. The van der Waals surface area contributed by atoms with Crippen molar-refractivity contribution in [1.82, 2.24) is 5.32 Å². The SMILES string of the molecule is CC(C)(C)COC(NC(=O)OCc1ccc(B2OC(C)(C)C(C)(C)O2)cc1)c1ccc(C(F)(F)F)cc1. The third kappa shape index (κ3) is 7.72. The molecule has 2 aromatic carbocycles. The van der Waals surface area contributed by atoms with E-state index in [1.807, 2.05) is 72.7 Å². The van der Waals surface area contributed by atoms with Crippen molar-refractivity contribution in [3.63, 3.8) is 0 Å². The number of carbonyl (C=O) groups excluding carboxylic acids is 1. The highest BCUT2D eigenvalue weighted by molar-refractivity contribution is 6.62. The molecule has 1 amide bonds. The van der Waals surface area contributed by atoms with Crippen molar-refractivity contribution in [3.05, 3.63) is 65.2 Å². The van der Waals surface area contributed by atoms with Gasteiger partial charge in [0.15, 0.2) is 6.23 Å². The fourth-order valence-corrected chi connectivity index (χ4v) is 3.45. The molecule has 1 N–H and O–H groups in total. The van der Waals surface area contributed by atoms with Gasteiger partial charge in [0.25, 0.3) is 0 Å². The zero-order valence-electron chi connectivity index (χ0n) is 22.4. The van der Waals surface area contributed by atoms with Crippen molar-refractivity contribution >= 4 is 18.7 Å². The average molecular weight is 521 g/mol. The maximum Gasteiger partial charge on any atom is 0.494 e. The Balaban J connectivity index is 1.61. The van der Waals surface area contributed by atoms with Crippen LogP contribution in [0.15, 0.2) is 48.5 Å². The smallest absolute Gasteiger partial charge is 0.445 e. The predicted molar refractivity (Wildman–Crippen MR) is 135 cm³/mol. The van der Waals surface area contributed by atoms with Crippen LogP contribution in [0.4, 0.5) is 18.0 Å². The number of benzene rings is 2. The highest BCUT2D eigenvalue weighted by Gasteiger charge is 2.51. The Labute approximate surface area is 217 Å². The molecule has 3 rings (SSSR count). The number of carbonyl (C=O) groups is 1. The lowest BCUT2D eigenvalue weighted by atomic mass is 9.79. The van der Waals surface area contributed by atoms with Gasteiger partial charge >= 0.3 is 19.4 Å². The number of hydrogen-bond donors (Lipinski definition) is 1. The summed E-state index contributed by atoms with van der Waals surface area (Å²) in [6.07, 6.45) is -6.18. The van der Waals surface area contributed by atoms with E-state index in [1.54, 1.807) is 0 Å². The molecule has 202 valence electrons. The van der Waals surface area contributed by atoms with Gasteiger partial charge in [-0.2, -0.15) is 13.2 Å². The van der Waals surface area contributed by atoms with Crippen molar-refractivity contribution in [3.8, 4) is 0 Å². The first-order valence-corrected chi connectivity index (χ1v) is 12.1. The molecule has 0 bridgehead atoms. The first-order chi connectivity index (χ1) is 17.0. The van der Waals surface area contributed by atoms with Crippen LogP contribution in [-0.4, -0.2) is 31.0 Å². The van der Waals surface area contributed by atoms with E-state index in [0.29, 0.717) is 5.56 Å². The summed E-state index contributed by atoms with van der Waals surface area (Å²) in [6.45, 7) is 14.0. The van der Waals surface area contributed by atoms with Gasteiger partial charge in [-0.15, -0.1) is 0 Å². The van der Waals surface area contributed by atoms with Gasteiger partial charge < -0.3 is 18.8 Å². The second-order valence-electron chi connectivity index (χ2n) is 11.4. The zero-order valence-corrected chi connectivity index (χ0v) is 22.4. The van der Waals surface area contributed by atoms with E-state index in [0.717, 1.165) is 23.2 Å². The summed E-state index contributed by atoms with van der Waals surface area (Å²) in [4.78, 5) is 12.5. The fourth-order valence-electron chi connectivity index (χ4n) is 3.45. The summed E-state index contributed by atoms with van der Waals surface area (Å²) in [5.41, 5.74) is 0.0707. The van der Waals surface area contributed by atoms with Crippen LogP contribution >= 0.6 is 0 Å². The molecule has 1 unspecified atom stereocenters. The highest BCUT2D eigenvalue weighted by Crippen LogP contribution is 2.36. The predicted octanol–water partition coefficient (Wildman–Crippen LogP) is 5.99. The third-order valence-corrected chi connectivity index (χ3v) is 6.35. The quantitative estimate of drug-likeness (QED) is 0.358. The van der Waals surface area contributed by atoms with Crippen molar-refractivity contribution in [2.24, 2.45) is 5.41 Å². The lowest BCUT2D eigenvalue weighted by molar-refractivity contribution is -0.137. The summed E-state index contributed by atoms with van der Waals surface area (Å²) >= 11 is 0. The summed E-state index contributed by atoms with van der Waals surface area (Å²) in [7, 11) is -0.493. The van der Waals surface area contributed by atoms with Gasteiger partial charge in [0.2, 0.25) is 0 Å². The van der Waals surface area contributed by atoms with Crippen molar-refractivity contribution < 1.29 is 36.7 Å². The Kier molecular flexibility index (Phi) is 8.36. The van der Waals surface area contributed by atoms with Gasteiger partial charge in [-0.05, 0) is 56.3 Å². The van der Waals surface area contributed by atoms with Gasteiger partial charge in [0, 0.05) is 5.56 Å². The molecule has 0 aliphatic carbocycles. The summed E-state index contributed by atoms with van der Waals surface area (Å²) in [5.74, 6) is 0. The Morgan fingerprint density at radius 3 is 1.97 bits per heavy atom.